The Kier molecular flexibility index (Phi) is 4.80. The van der Waals surface area contributed by atoms with E-state index in [2.05, 4.69) is 14.9 Å². The van der Waals surface area contributed by atoms with Crippen LogP contribution in [0.5, 0.6) is 5.88 Å². The normalized spacial score (nSPS) is 17.6. The van der Waals surface area contributed by atoms with Gasteiger partial charge in [-0.25, -0.2) is 4.98 Å². The van der Waals surface area contributed by atoms with Crippen molar-refractivity contribution in [1.29, 1.82) is 0 Å². The van der Waals surface area contributed by atoms with Crippen molar-refractivity contribution in [2.24, 2.45) is 5.92 Å². The fourth-order valence-electron chi connectivity index (χ4n) is 3.44. The average Bonchev–Trinajstić information content (AvgIpc) is 3.43. The van der Waals surface area contributed by atoms with Crippen LogP contribution < -0.4 is 4.74 Å². The molecule has 0 atom stereocenters. The Morgan fingerprint density at radius 2 is 1.89 bits per heavy atom. The van der Waals surface area contributed by atoms with Crippen LogP contribution in [-0.4, -0.2) is 28.0 Å². The van der Waals surface area contributed by atoms with Crippen LogP contribution in [0, 0.1) is 12.8 Å². The summed E-state index contributed by atoms with van der Waals surface area (Å²) in [6.07, 6.45) is -0.828. The summed E-state index contributed by atoms with van der Waals surface area (Å²) in [4.78, 5) is 11.4. The fraction of sp³-hybridized carbons (Fsp3) is 0.500. The lowest BCUT2D eigenvalue weighted by molar-refractivity contribution is -0.137. The van der Waals surface area contributed by atoms with Crippen molar-refractivity contribution >= 4 is 0 Å². The van der Waals surface area contributed by atoms with Gasteiger partial charge in [0, 0.05) is 31.6 Å². The molecule has 1 aliphatic heterocycles. The summed E-state index contributed by atoms with van der Waals surface area (Å²) >= 11 is 0. The maximum absolute atomic E-state index is 12.7. The molecule has 4 rings (SSSR count). The van der Waals surface area contributed by atoms with Gasteiger partial charge in [0.2, 0.25) is 5.88 Å². The molecule has 1 aromatic heterocycles. The van der Waals surface area contributed by atoms with Gasteiger partial charge < -0.3 is 4.74 Å². The van der Waals surface area contributed by atoms with Crippen molar-refractivity contribution in [2.45, 2.75) is 45.5 Å². The minimum Gasteiger partial charge on any atom is -0.472 e. The smallest absolute Gasteiger partial charge is 0.416 e. The SMILES string of the molecule is Cc1nc2c(c(OCc3ccc(C(F)(F)F)cc3)n1)CN(CC1CC1)CC2. The van der Waals surface area contributed by atoms with E-state index in [1.165, 1.54) is 25.0 Å². The van der Waals surface area contributed by atoms with Gasteiger partial charge in [-0.15, -0.1) is 0 Å². The Bertz CT molecular complexity index is 816. The van der Waals surface area contributed by atoms with Gasteiger partial charge in [0.05, 0.1) is 11.3 Å². The maximum Gasteiger partial charge on any atom is 0.416 e. The van der Waals surface area contributed by atoms with Crippen LogP contribution in [0.15, 0.2) is 24.3 Å². The van der Waals surface area contributed by atoms with Gasteiger partial charge in [-0.05, 0) is 43.4 Å². The standard InChI is InChI=1S/C20H22F3N3O/c1-13-24-18-8-9-26(10-14-2-3-14)11-17(18)19(25-13)27-12-15-4-6-16(7-5-15)20(21,22)23/h4-7,14H,2-3,8-12H2,1H3. The van der Waals surface area contributed by atoms with Crippen molar-refractivity contribution in [3.63, 3.8) is 0 Å². The molecule has 0 radical (unpaired) electrons. The summed E-state index contributed by atoms with van der Waals surface area (Å²) in [5.41, 5.74) is 2.06. The lowest BCUT2D eigenvalue weighted by Gasteiger charge is -2.29. The Hall–Kier alpha value is -2.15. The highest BCUT2D eigenvalue weighted by molar-refractivity contribution is 5.33. The number of nitrogens with zero attached hydrogens (tertiary/aromatic N) is 3. The van der Waals surface area contributed by atoms with Gasteiger partial charge in [-0.3, -0.25) is 4.90 Å². The van der Waals surface area contributed by atoms with Crippen molar-refractivity contribution < 1.29 is 17.9 Å². The number of aromatic nitrogens is 2. The van der Waals surface area contributed by atoms with E-state index in [1.54, 1.807) is 0 Å². The molecule has 1 saturated carbocycles. The lowest BCUT2D eigenvalue weighted by atomic mass is 10.1. The Morgan fingerprint density at radius 3 is 2.56 bits per heavy atom. The lowest BCUT2D eigenvalue weighted by Crippen LogP contribution is -2.33. The molecule has 1 aromatic carbocycles. The molecule has 2 aromatic rings. The van der Waals surface area contributed by atoms with E-state index < -0.39 is 11.7 Å². The van der Waals surface area contributed by atoms with Crippen molar-refractivity contribution in [1.82, 2.24) is 14.9 Å². The fourth-order valence-corrected chi connectivity index (χ4v) is 3.44. The largest absolute Gasteiger partial charge is 0.472 e. The van der Waals surface area contributed by atoms with E-state index in [9.17, 15) is 13.2 Å². The van der Waals surface area contributed by atoms with E-state index in [1.807, 2.05) is 6.92 Å². The number of halogens is 3. The van der Waals surface area contributed by atoms with Crippen molar-refractivity contribution in [3.05, 3.63) is 52.5 Å². The molecule has 27 heavy (non-hydrogen) atoms. The van der Waals surface area contributed by atoms with Gasteiger partial charge in [0.25, 0.3) is 0 Å². The number of benzene rings is 1. The van der Waals surface area contributed by atoms with Gasteiger partial charge in [-0.1, -0.05) is 12.1 Å². The predicted molar refractivity (Wildman–Crippen MR) is 94.3 cm³/mol. The number of rotatable bonds is 5. The second-order valence-corrected chi connectivity index (χ2v) is 7.41. The molecule has 0 amide bonds. The number of fused-ring (bicyclic) bond motifs is 1. The molecular weight excluding hydrogens is 355 g/mol. The molecule has 0 N–H and O–H groups in total. The first-order valence-corrected chi connectivity index (χ1v) is 9.26. The second-order valence-electron chi connectivity index (χ2n) is 7.41. The molecule has 1 aliphatic carbocycles. The highest BCUT2D eigenvalue weighted by Crippen LogP contribution is 2.33. The maximum atomic E-state index is 12.7. The quantitative estimate of drug-likeness (QED) is 0.785. The highest BCUT2D eigenvalue weighted by Gasteiger charge is 2.30. The summed E-state index contributed by atoms with van der Waals surface area (Å²) in [5, 5.41) is 0. The molecule has 0 unspecified atom stereocenters. The van der Waals surface area contributed by atoms with Crippen LogP contribution in [-0.2, 0) is 25.7 Å². The molecule has 0 saturated heterocycles. The first-order valence-electron chi connectivity index (χ1n) is 9.26. The molecule has 1 fully saturated rings. The third-order valence-corrected chi connectivity index (χ3v) is 5.08. The van der Waals surface area contributed by atoms with Crippen LogP contribution in [0.4, 0.5) is 13.2 Å². The van der Waals surface area contributed by atoms with E-state index in [4.69, 9.17) is 4.74 Å². The Morgan fingerprint density at radius 1 is 1.15 bits per heavy atom. The Labute approximate surface area is 156 Å². The first-order chi connectivity index (χ1) is 12.9. The summed E-state index contributed by atoms with van der Waals surface area (Å²) in [5.74, 6) is 2.03. The molecule has 0 bridgehead atoms. The topological polar surface area (TPSA) is 38.3 Å². The molecule has 2 heterocycles. The zero-order chi connectivity index (χ0) is 19.0. The molecule has 0 spiro atoms. The van der Waals surface area contributed by atoms with Gasteiger partial charge >= 0.3 is 6.18 Å². The highest BCUT2D eigenvalue weighted by atomic mass is 19.4. The predicted octanol–water partition coefficient (Wildman–Crippen LogP) is 4.15. The number of ether oxygens (including phenoxy) is 1. The number of aryl methyl sites for hydroxylation is 1. The van der Waals surface area contributed by atoms with Gasteiger partial charge in [0.15, 0.2) is 0 Å². The van der Waals surface area contributed by atoms with Crippen LogP contribution in [0.1, 0.15) is 41.1 Å². The molecule has 7 heteroatoms. The first kappa shape index (κ1) is 18.2. The Balaban J connectivity index is 1.48. The minimum atomic E-state index is -4.33. The van der Waals surface area contributed by atoms with Gasteiger partial charge in [0.1, 0.15) is 12.4 Å². The third-order valence-electron chi connectivity index (χ3n) is 5.08. The number of alkyl halides is 3. The molecule has 2 aliphatic rings. The number of hydrogen-bond donors (Lipinski definition) is 0. The van der Waals surface area contributed by atoms with Crippen LogP contribution in [0.2, 0.25) is 0 Å². The minimum absolute atomic E-state index is 0.184. The van der Waals surface area contributed by atoms with Crippen LogP contribution >= 0.6 is 0 Å². The summed E-state index contributed by atoms with van der Waals surface area (Å²) in [6.45, 7) is 4.89. The zero-order valence-corrected chi connectivity index (χ0v) is 15.2. The van der Waals surface area contributed by atoms with Crippen LogP contribution in [0.3, 0.4) is 0 Å². The van der Waals surface area contributed by atoms with Crippen molar-refractivity contribution in [3.8, 4) is 5.88 Å². The molecule has 4 nitrogen and oxygen atoms in total. The van der Waals surface area contributed by atoms with E-state index >= 15 is 0 Å². The zero-order valence-electron chi connectivity index (χ0n) is 15.2. The molecular formula is C20H22F3N3O. The van der Waals surface area contributed by atoms with E-state index in [0.717, 1.165) is 55.4 Å². The van der Waals surface area contributed by atoms with Crippen molar-refractivity contribution in [2.75, 3.05) is 13.1 Å². The second kappa shape index (κ2) is 7.11. The molecule has 144 valence electrons. The van der Waals surface area contributed by atoms with E-state index in [0.29, 0.717) is 17.3 Å². The third kappa shape index (κ3) is 4.40. The monoisotopic (exact) mass is 377 g/mol. The summed E-state index contributed by atoms with van der Waals surface area (Å²) < 4.78 is 44.0. The van der Waals surface area contributed by atoms with E-state index in [-0.39, 0.29) is 6.61 Å². The van der Waals surface area contributed by atoms with Crippen LogP contribution in [0.25, 0.3) is 0 Å². The average molecular weight is 377 g/mol. The number of hydrogen-bond acceptors (Lipinski definition) is 4. The summed E-state index contributed by atoms with van der Waals surface area (Å²) in [7, 11) is 0. The summed E-state index contributed by atoms with van der Waals surface area (Å²) in [6, 6.07) is 5.05. The van der Waals surface area contributed by atoms with Gasteiger partial charge in [-0.2, -0.15) is 18.2 Å².